The number of amides is 1. The molecule has 4 heteroatoms. The summed E-state index contributed by atoms with van der Waals surface area (Å²) in [7, 11) is 3.39. The molecule has 2 heterocycles. The van der Waals surface area contributed by atoms with E-state index in [1.807, 2.05) is 6.07 Å². The van der Waals surface area contributed by atoms with Crippen LogP contribution in [0.15, 0.2) is 12.1 Å². The highest BCUT2D eigenvalue weighted by Crippen LogP contribution is 2.56. The summed E-state index contributed by atoms with van der Waals surface area (Å²) >= 11 is 0. The molecule has 0 aromatic heterocycles. The number of rotatable bonds is 2. The summed E-state index contributed by atoms with van der Waals surface area (Å²) in [4.78, 5) is 14.7. The van der Waals surface area contributed by atoms with Crippen molar-refractivity contribution in [1.82, 2.24) is 4.90 Å². The molecular weight excluding hydrogens is 278 g/mol. The van der Waals surface area contributed by atoms with Gasteiger partial charge in [-0.05, 0) is 36.8 Å². The van der Waals surface area contributed by atoms with E-state index in [0.717, 1.165) is 37.3 Å². The van der Waals surface area contributed by atoms with Crippen LogP contribution in [0.5, 0.6) is 11.5 Å². The molecule has 1 spiro atoms. The average Bonchev–Trinajstić information content (AvgIpc) is 2.86. The molecule has 0 bridgehead atoms. The number of carbonyl (C=O) groups is 1. The molecular formula is C18H23NO3. The predicted molar refractivity (Wildman–Crippen MR) is 83.2 cm³/mol. The Bertz CT molecular complexity index is 627. The number of benzene rings is 1. The van der Waals surface area contributed by atoms with Crippen LogP contribution in [-0.4, -0.2) is 31.6 Å². The van der Waals surface area contributed by atoms with E-state index in [4.69, 9.17) is 9.47 Å². The summed E-state index contributed by atoms with van der Waals surface area (Å²) in [5.74, 6) is 2.46. The Morgan fingerprint density at radius 3 is 2.86 bits per heavy atom. The third-order valence-electron chi connectivity index (χ3n) is 5.94. The fourth-order valence-electron chi connectivity index (χ4n) is 5.09. The number of ether oxygens (including phenoxy) is 2. The lowest BCUT2D eigenvalue weighted by atomic mass is 9.66. The van der Waals surface area contributed by atoms with E-state index in [9.17, 15) is 4.79 Å². The lowest BCUT2D eigenvalue weighted by molar-refractivity contribution is -0.132. The second-order valence-electron chi connectivity index (χ2n) is 6.69. The van der Waals surface area contributed by atoms with Crippen LogP contribution in [0.2, 0.25) is 0 Å². The monoisotopic (exact) mass is 301 g/mol. The summed E-state index contributed by atoms with van der Waals surface area (Å²) in [5.41, 5.74) is 2.48. The SMILES string of the molecule is COc1ccc2c(c1OC)CCN1C(=O)C[C@@H]3CCCC[C@@]231. The first-order chi connectivity index (χ1) is 10.7. The minimum atomic E-state index is -0.0809. The maximum Gasteiger partial charge on any atom is 0.223 e. The van der Waals surface area contributed by atoms with Crippen LogP contribution in [0.1, 0.15) is 43.2 Å². The van der Waals surface area contributed by atoms with Crippen LogP contribution in [0.3, 0.4) is 0 Å². The zero-order chi connectivity index (χ0) is 15.3. The molecule has 2 fully saturated rings. The van der Waals surface area contributed by atoms with Gasteiger partial charge in [-0.15, -0.1) is 0 Å². The minimum Gasteiger partial charge on any atom is -0.493 e. The lowest BCUT2D eigenvalue weighted by Gasteiger charge is -2.49. The largest absolute Gasteiger partial charge is 0.493 e. The van der Waals surface area contributed by atoms with Crippen molar-refractivity contribution in [2.75, 3.05) is 20.8 Å². The molecule has 0 unspecified atom stereocenters. The van der Waals surface area contributed by atoms with Crippen LogP contribution in [0.25, 0.3) is 0 Å². The van der Waals surface area contributed by atoms with Gasteiger partial charge >= 0.3 is 0 Å². The third kappa shape index (κ3) is 1.61. The van der Waals surface area contributed by atoms with Gasteiger partial charge in [-0.25, -0.2) is 0 Å². The Morgan fingerprint density at radius 1 is 1.23 bits per heavy atom. The first-order valence-corrected chi connectivity index (χ1v) is 8.27. The minimum absolute atomic E-state index is 0.0809. The highest BCUT2D eigenvalue weighted by Gasteiger charge is 2.56. The lowest BCUT2D eigenvalue weighted by Crippen LogP contribution is -2.52. The van der Waals surface area contributed by atoms with Gasteiger partial charge < -0.3 is 14.4 Å². The first-order valence-electron chi connectivity index (χ1n) is 8.27. The fraction of sp³-hybridized carbons (Fsp3) is 0.611. The summed E-state index contributed by atoms with van der Waals surface area (Å²) in [5, 5.41) is 0. The number of methoxy groups -OCH3 is 2. The molecule has 1 amide bonds. The van der Waals surface area contributed by atoms with E-state index in [0.29, 0.717) is 18.2 Å². The second-order valence-corrected chi connectivity index (χ2v) is 6.69. The molecule has 1 aromatic rings. The van der Waals surface area contributed by atoms with Crippen molar-refractivity contribution in [2.24, 2.45) is 5.92 Å². The van der Waals surface area contributed by atoms with E-state index >= 15 is 0 Å². The Balaban J connectivity index is 1.93. The predicted octanol–water partition coefficient (Wildman–Crippen LogP) is 2.88. The number of nitrogens with zero attached hydrogens (tertiary/aromatic N) is 1. The van der Waals surface area contributed by atoms with Gasteiger partial charge in [0.1, 0.15) is 0 Å². The van der Waals surface area contributed by atoms with Gasteiger partial charge in [-0.3, -0.25) is 4.79 Å². The van der Waals surface area contributed by atoms with Crippen LogP contribution < -0.4 is 9.47 Å². The number of hydrogen-bond acceptors (Lipinski definition) is 3. The average molecular weight is 301 g/mol. The van der Waals surface area contributed by atoms with Crippen molar-refractivity contribution in [3.8, 4) is 11.5 Å². The van der Waals surface area contributed by atoms with E-state index < -0.39 is 0 Å². The third-order valence-corrected chi connectivity index (χ3v) is 5.94. The number of carbonyl (C=O) groups excluding carboxylic acids is 1. The van der Waals surface area contributed by atoms with Crippen LogP contribution in [0, 0.1) is 5.92 Å². The van der Waals surface area contributed by atoms with Gasteiger partial charge in [0.15, 0.2) is 11.5 Å². The fourth-order valence-corrected chi connectivity index (χ4v) is 5.09. The van der Waals surface area contributed by atoms with Gasteiger partial charge in [0, 0.05) is 18.5 Å². The van der Waals surface area contributed by atoms with Crippen molar-refractivity contribution >= 4 is 5.91 Å². The zero-order valence-corrected chi connectivity index (χ0v) is 13.4. The molecule has 0 radical (unpaired) electrons. The van der Waals surface area contributed by atoms with Crippen molar-refractivity contribution in [3.05, 3.63) is 23.3 Å². The van der Waals surface area contributed by atoms with Gasteiger partial charge in [-0.2, -0.15) is 0 Å². The first kappa shape index (κ1) is 13.9. The van der Waals surface area contributed by atoms with Crippen molar-refractivity contribution in [3.63, 3.8) is 0 Å². The molecule has 1 aliphatic carbocycles. The summed E-state index contributed by atoms with van der Waals surface area (Å²) in [6.07, 6.45) is 6.27. The Morgan fingerprint density at radius 2 is 2.09 bits per heavy atom. The Hall–Kier alpha value is -1.71. The summed E-state index contributed by atoms with van der Waals surface area (Å²) in [6.45, 7) is 0.811. The normalized spacial score (nSPS) is 29.6. The molecule has 4 nitrogen and oxygen atoms in total. The van der Waals surface area contributed by atoms with E-state index in [-0.39, 0.29) is 5.54 Å². The molecule has 0 N–H and O–H groups in total. The molecule has 1 saturated carbocycles. The summed E-state index contributed by atoms with van der Waals surface area (Å²) < 4.78 is 11.1. The van der Waals surface area contributed by atoms with Crippen LogP contribution in [0.4, 0.5) is 0 Å². The number of fused-ring (bicyclic) bond motifs is 1. The van der Waals surface area contributed by atoms with Crippen LogP contribution in [-0.2, 0) is 16.8 Å². The van der Waals surface area contributed by atoms with Gasteiger partial charge in [0.2, 0.25) is 5.91 Å². The molecule has 4 rings (SSSR count). The summed E-state index contributed by atoms with van der Waals surface area (Å²) in [6, 6.07) is 4.18. The molecule has 2 aliphatic heterocycles. The topological polar surface area (TPSA) is 38.8 Å². The molecule has 22 heavy (non-hydrogen) atoms. The molecule has 1 saturated heterocycles. The molecule has 1 aromatic carbocycles. The maximum absolute atomic E-state index is 12.5. The van der Waals surface area contributed by atoms with Crippen molar-refractivity contribution < 1.29 is 14.3 Å². The van der Waals surface area contributed by atoms with Gasteiger partial charge in [0.25, 0.3) is 0 Å². The van der Waals surface area contributed by atoms with E-state index in [1.165, 1.54) is 24.0 Å². The van der Waals surface area contributed by atoms with Crippen molar-refractivity contribution in [2.45, 2.75) is 44.1 Å². The zero-order valence-electron chi connectivity index (χ0n) is 13.4. The van der Waals surface area contributed by atoms with Crippen LogP contribution >= 0.6 is 0 Å². The maximum atomic E-state index is 12.5. The highest BCUT2D eigenvalue weighted by atomic mass is 16.5. The Labute approximate surface area is 131 Å². The van der Waals surface area contributed by atoms with Gasteiger partial charge in [0.05, 0.1) is 19.8 Å². The van der Waals surface area contributed by atoms with E-state index in [2.05, 4.69) is 11.0 Å². The smallest absolute Gasteiger partial charge is 0.223 e. The molecule has 3 aliphatic rings. The quantitative estimate of drug-likeness (QED) is 0.843. The highest BCUT2D eigenvalue weighted by molar-refractivity contribution is 5.82. The number of hydrogen-bond donors (Lipinski definition) is 0. The van der Waals surface area contributed by atoms with Crippen molar-refractivity contribution in [1.29, 1.82) is 0 Å². The van der Waals surface area contributed by atoms with E-state index in [1.54, 1.807) is 14.2 Å². The molecule has 2 atom stereocenters. The molecule has 118 valence electrons. The second kappa shape index (κ2) is 4.90. The Kier molecular flexibility index (Phi) is 3.10. The standard InChI is InChI=1S/C18H23NO3/c1-21-15-7-6-14-13(17(15)22-2)8-10-19-16(20)11-12-5-3-4-9-18(12,14)19/h6-7,12H,3-5,8-11H2,1-2H3/t12-,18-/m0/s1. The van der Waals surface area contributed by atoms with Gasteiger partial charge in [-0.1, -0.05) is 18.9 Å².